The lowest BCUT2D eigenvalue weighted by Gasteiger charge is -2.18. The van der Waals surface area contributed by atoms with Crippen LogP contribution in [0.5, 0.6) is 11.5 Å². The van der Waals surface area contributed by atoms with Gasteiger partial charge in [-0.25, -0.2) is 0 Å². The van der Waals surface area contributed by atoms with Gasteiger partial charge < -0.3 is 9.47 Å². The SMILES string of the molecule is CC(=O)c1ccc(Sc2ccc3c(c2)OCCO3)cc1Br. The van der Waals surface area contributed by atoms with Gasteiger partial charge in [-0.15, -0.1) is 0 Å². The highest BCUT2D eigenvalue weighted by molar-refractivity contribution is 9.10. The van der Waals surface area contributed by atoms with Gasteiger partial charge in [0.1, 0.15) is 13.2 Å². The maximum atomic E-state index is 11.4. The molecule has 1 heterocycles. The van der Waals surface area contributed by atoms with Crippen molar-refractivity contribution >= 4 is 33.5 Å². The fourth-order valence-electron chi connectivity index (χ4n) is 2.07. The smallest absolute Gasteiger partial charge is 0.162 e. The predicted molar refractivity (Wildman–Crippen MR) is 85.7 cm³/mol. The van der Waals surface area contributed by atoms with Crippen LogP contribution < -0.4 is 9.47 Å². The van der Waals surface area contributed by atoms with Crippen LogP contribution >= 0.6 is 27.7 Å². The number of benzene rings is 2. The largest absolute Gasteiger partial charge is 0.486 e. The summed E-state index contributed by atoms with van der Waals surface area (Å²) in [6.45, 7) is 2.74. The molecule has 0 saturated carbocycles. The van der Waals surface area contributed by atoms with Crippen LogP contribution in [0.4, 0.5) is 0 Å². The molecular formula is C16H13BrO3S. The normalized spacial score (nSPS) is 13.0. The highest BCUT2D eigenvalue weighted by atomic mass is 79.9. The zero-order chi connectivity index (χ0) is 14.8. The number of Topliss-reactive ketones (excluding diaryl/α,β-unsaturated/α-hetero) is 1. The summed E-state index contributed by atoms with van der Waals surface area (Å²) in [6.07, 6.45) is 0. The van der Waals surface area contributed by atoms with Crippen molar-refractivity contribution in [3.63, 3.8) is 0 Å². The Balaban J connectivity index is 1.83. The van der Waals surface area contributed by atoms with Crippen LogP contribution in [0, 0.1) is 0 Å². The van der Waals surface area contributed by atoms with E-state index in [1.54, 1.807) is 18.7 Å². The Bertz CT molecular complexity index is 700. The monoisotopic (exact) mass is 364 g/mol. The number of hydrogen-bond donors (Lipinski definition) is 0. The second-order valence-electron chi connectivity index (χ2n) is 4.61. The molecule has 0 fully saturated rings. The molecule has 108 valence electrons. The van der Waals surface area contributed by atoms with E-state index in [0.29, 0.717) is 18.8 Å². The summed E-state index contributed by atoms with van der Waals surface area (Å²) >= 11 is 5.06. The van der Waals surface area contributed by atoms with E-state index in [-0.39, 0.29) is 5.78 Å². The number of carbonyl (C=O) groups is 1. The molecular weight excluding hydrogens is 352 g/mol. The van der Waals surface area contributed by atoms with Gasteiger partial charge in [0.25, 0.3) is 0 Å². The fourth-order valence-corrected chi connectivity index (χ4v) is 3.76. The summed E-state index contributed by atoms with van der Waals surface area (Å²) in [5, 5.41) is 0. The van der Waals surface area contributed by atoms with Gasteiger partial charge >= 0.3 is 0 Å². The molecule has 3 rings (SSSR count). The lowest BCUT2D eigenvalue weighted by Crippen LogP contribution is -2.15. The first kappa shape index (κ1) is 14.5. The second-order valence-corrected chi connectivity index (χ2v) is 6.61. The number of ether oxygens (including phenoxy) is 2. The van der Waals surface area contributed by atoms with Crippen LogP contribution in [-0.2, 0) is 0 Å². The molecule has 0 amide bonds. The third-order valence-corrected chi connectivity index (χ3v) is 4.70. The van der Waals surface area contributed by atoms with Gasteiger partial charge in [-0.05, 0) is 43.3 Å². The summed E-state index contributed by atoms with van der Waals surface area (Å²) in [6, 6.07) is 11.7. The third kappa shape index (κ3) is 3.24. The number of carbonyl (C=O) groups excluding carboxylic acids is 1. The average Bonchev–Trinajstić information content (AvgIpc) is 2.47. The summed E-state index contributed by atoms with van der Waals surface area (Å²) in [5.41, 5.74) is 0.696. The summed E-state index contributed by atoms with van der Waals surface area (Å²) in [7, 11) is 0. The van der Waals surface area contributed by atoms with Gasteiger partial charge in [-0.2, -0.15) is 0 Å². The van der Waals surface area contributed by atoms with Crippen LogP contribution in [0.3, 0.4) is 0 Å². The zero-order valence-electron chi connectivity index (χ0n) is 11.4. The van der Waals surface area contributed by atoms with E-state index < -0.39 is 0 Å². The molecule has 0 N–H and O–H groups in total. The standard InChI is InChI=1S/C16H13BrO3S/c1-10(18)13-4-2-11(8-14(13)17)21-12-3-5-15-16(9-12)20-7-6-19-15/h2-5,8-9H,6-7H2,1H3. The molecule has 5 heteroatoms. The number of rotatable bonds is 3. The quantitative estimate of drug-likeness (QED) is 0.747. The van der Waals surface area contributed by atoms with E-state index in [4.69, 9.17) is 9.47 Å². The number of halogens is 1. The van der Waals surface area contributed by atoms with Crippen molar-refractivity contribution in [3.05, 3.63) is 46.4 Å². The number of ketones is 1. The molecule has 0 aliphatic carbocycles. The van der Waals surface area contributed by atoms with Crippen molar-refractivity contribution < 1.29 is 14.3 Å². The van der Waals surface area contributed by atoms with Crippen LogP contribution in [0.1, 0.15) is 17.3 Å². The van der Waals surface area contributed by atoms with E-state index in [0.717, 1.165) is 25.8 Å². The topological polar surface area (TPSA) is 35.5 Å². The Kier molecular flexibility index (Phi) is 4.22. The fraction of sp³-hybridized carbons (Fsp3) is 0.188. The third-order valence-electron chi connectivity index (χ3n) is 3.07. The van der Waals surface area contributed by atoms with E-state index >= 15 is 0 Å². The maximum absolute atomic E-state index is 11.4. The van der Waals surface area contributed by atoms with Gasteiger partial charge in [-0.1, -0.05) is 27.7 Å². The lowest BCUT2D eigenvalue weighted by atomic mass is 10.2. The number of hydrogen-bond acceptors (Lipinski definition) is 4. The molecule has 0 aromatic heterocycles. The Labute approximate surface area is 135 Å². The van der Waals surface area contributed by atoms with Crippen molar-refractivity contribution in [2.45, 2.75) is 16.7 Å². The van der Waals surface area contributed by atoms with Crippen LogP contribution in [0.25, 0.3) is 0 Å². The zero-order valence-corrected chi connectivity index (χ0v) is 13.8. The molecule has 1 aliphatic heterocycles. The lowest BCUT2D eigenvalue weighted by molar-refractivity contribution is 0.101. The van der Waals surface area contributed by atoms with Crippen LogP contribution in [-0.4, -0.2) is 19.0 Å². The number of fused-ring (bicyclic) bond motifs is 1. The van der Waals surface area contributed by atoms with Crippen molar-refractivity contribution in [2.75, 3.05) is 13.2 Å². The highest BCUT2D eigenvalue weighted by Gasteiger charge is 2.13. The molecule has 2 aromatic rings. The van der Waals surface area contributed by atoms with E-state index in [1.807, 2.05) is 36.4 Å². The first-order valence-corrected chi connectivity index (χ1v) is 8.12. The van der Waals surface area contributed by atoms with Gasteiger partial charge in [0.05, 0.1) is 0 Å². The minimum Gasteiger partial charge on any atom is -0.486 e. The Morgan fingerprint density at radius 3 is 2.43 bits per heavy atom. The summed E-state index contributed by atoms with van der Waals surface area (Å²) in [5.74, 6) is 1.63. The van der Waals surface area contributed by atoms with E-state index in [9.17, 15) is 4.79 Å². The van der Waals surface area contributed by atoms with Crippen molar-refractivity contribution in [2.24, 2.45) is 0 Å². The van der Waals surface area contributed by atoms with Gasteiger partial charge in [0.2, 0.25) is 0 Å². The van der Waals surface area contributed by atoms with E-state index in [1.165, 1.54) is 0 Å². The summed E-state index contributed by atoms with van der Waals surface area (Å²) < 4.78 is 11.9. The van der Waals surface area contributed by atoms with Gasteiger partial charge in [-0.3, -0.25) is 4.79 Å². The first-order valence-electron chi connectivity index (χ1n) is 6.51. The predicted octanol–water partition coefficient (Wildman–Crippen LogP) is 4.57. The first-order chi connectivity index (χ1) is 10.1. The van der Waals surface area contributed by atoms with Crippen LogP contribution in [0.15, 0.2) is 50.7 Å². The maximum Gasteiger partial charge on any atom is 0.162 e. The van der Waals surface area contributed by atoms with Gasteiger partial charge in [0, 0.05) is 19.8 Å². The second kappa shape index (κ2) is 6.12. The molecule has 0 bridgehead atoms. The molecule has 0 atom stereocenters. The molecule has 0 saturated heterocycles. The molecule has 0 radical (unpaired) electrons. The average molecular weight is 365 g/mol. The summed E-state index contributed by atoms with van der Waals surface area (Å²) in [4.78, 5) is 13.6. The van der Waals surface area contributed by atoms with Gasteiger partial charge in [0.15, 0.2) is 17.3 Å². The highest BCUT2D eigenvalue weighted by Crippen LogP contribution is 2.37. The molecule has 0 spiro atoms. The molecule has 21 heavy (non-hydrogen) atoms. The minimum atomic E-state index is 0.0535. The Morgan fingerprint density at radius 1 is 1.05 bits per heavy atom. The van der Waals surface area contributed by atoms with Crippen LogP contribution in [0.2, 0.25) is 0 Å². The molecule has 2 aromatic carbocycles. The van der Waals surface area contributed by atoms with Crippen molar-refractivity contribution in [1.82, 2.24) is 0 Å². The van der Waals surface area contributed by atoms with Crippen molar-refractivity contribution in [1.29, 1.82) is 0 Å². The van der Waals surface area contributed by atoms with E-state index in [2.05, 4.69) is 15.9 Å². The molecule has 1 aliphatic rings. The Hall–Kier alpha value is -1.46. The Morgan fingerprint density at radius 2 is 1.71 bits per heavy atom. The molecule has 0 unspecified atom stereocenters. The van der Waals surface area contributed by atoms with Crippen molar-refractivity contribution in [3.8, 4) is 11.5 Å². The molecule has 3 nitrogen and oxygen atoms in total. The minimum absolute atomic E-state index is 0.0535.